The lowest BCUT2D eigenvalue weighted by atomic mass is 10.1. The molecule has 0 spiro atoms. The Labute approximate surface area is 125 Å². The summed E-state index contributed by atoms with van der Waals surface area (Å²) in [6, 6.07) is 5.60. The van der Waals surface area contributed by atoms with Crippen molar-refractivity contribution in [1.82, 2.24) is 5.32 Å². The molecular weight excluding hydrogens is 285 g/mol. The molecule has 0 bridgehead atoms. The van der Waals surface area contributed by atoms with E-state index in [9.17, 15) is 0 Å². The van der Waals surface area contributed by atoms with E-state index in [1.54, 1.807) is 11.8 Å². The van der Waals surface area contributed by atoms with Gasteiger partial charge in [0.05, 0.1) is 5.02 Å². The van der Waals surface area contributed by atoms with E-state index in [2.05, 4.69) is 26.1 Å². The van der Waals surface area contributed by atoms with Gasteiger partial charge in [-0.2, -0.15) is 0 Å². The fraction of sp³-hybridized carbons (Fsp3) is 0.571. The maximum Gasteiger partial charge on any atom is 0.0543 e. The number of rotatable bonds is 7. The molecule has 0 saturated heterocycles. The van der Waals surface area contributed by atoms with Crippen LogP contribution in [0.4, 0.5) is 0 Å². The van der Waals surface area contributed by atoms with Gasteiger partial charge in [0.2, 0.25) is 0 Å². The number of benzene rings is 1. The van der Waals surface area contributed by atoms with E-state index in [4.69, 9.17) is 23.2 Å². The highest BCUT2D eigenvalue weighted by molar-refractivity contribution is 8.00. The molecule has 0 aliphatic heterocycles. The fourth-order valence-corrected chi connectivity index (χ4v) is 3.02. The topological polar surface area (TPSA) is 12.0 Å². The Kier molecular flexibility index (Phi) is 7.47. The molecule has 1 aromatic carbocycles. The van der Waals surface area contributed by atoms with Gasteiger partial charge in [0.25, 0.3) is 0 Å². The SMILES string of the molecule is CC(C)CCNCC(C)Sc1cc(Cl)ccc1Cl. The minimum atomic E-state index is 0.480. The lowest BCUT2D eigenvalue weighted by molar-refractivity contribution is 0.539. The highest BCUT2D eigenvalue weighted by atomic mass is 35.5. The van der Waals surface area contributed by atoms with Gasteiger partial charge >= 0.3 is 0 Å². The zero-order chi connectivity index (χ0) is 13.5. The molecule has 0 saturated carbocycles. The van der Waals surface area contributed by atoms with Crippen molar-refractivity contribution in [3.63, 3.8) is 0 Å². The molecule has 0 heterocycles. The Hall–Kier alpha value is 0.110. The molecule has 1 atom stereocenters. The molecule has 102 valence electrons. The first-order chi connectivity index (χ1) is 8.49. The predicted molar refractivity (Wildman–Crippen MR) is 84.1 cm³/mol. The van der Waals surface area contributed by atoms with Crippen molar-refractivity contribution < 1.29 is 0 Å². The molecule has 0 radical (unpaired) electrons. The van der Waals surface area contributed by atoms with Crippen LogP contribution in [0.25, 0.3) is 0 Å². The predicted octanol–water partition coefficient (Wildman–Crippen LogP) is 5.11. The maximum atomic E-state index is 6.14. The Bertz CT molecular complexity index is 369. The third kappa shape index (κ3) is 6.33. The third-order valence-corrected chi connectivity index (χ3v) is 4.39. The maximum absolute atomic E-state index is 6.14. The molecule has 0 aliphatic carbocycles. The second kappa shape index (κ2) is 8.31. The highest BCUT2D eigenvalue weighted by Gasteiger charge is 2.08. The second-order valence-electron chi connectivity index (χ2n) is 4.89. The van der Waals surface area contributed by atoms with Crippen LogP contribution in [0.2, 0.25) is 10.0 Å². The van der Waals surface area contributed by atoms with Crippen molar-refractivity contribution in [3.8, 4) is 0 Å². The van der Waals surface area contributed by atoms with E-state index in [-0.39, 0.29) is 0 Å². The molecule has 0 amide bonds. The lowest BCUT2D eigenvalue weighted by Gasteiger charge is -2.14. The zero-order valence-electron chi connectivity index (χ0n) is 11.2. The summed E-state index contributed by atoms with van der Waals surface area (Å²) in [5.41, 5.74) is 0. The van der Waals surface area contributed by atoms with E-state index in [0.29, 0.717) is 5.25 Å². The summed E-state index contributed by atoms with van der Waals surface area (Å²) in [6.45, 7) is 8.74. The number of halogens is 2. The normalized spacial score (nSPS) is 13.0. The van der Waals surface area contributed by atoms with Crippen LogP contribution in [0.3, 0.4) is 0 Å². The van der Waals surface area contributed by atoms with Crippen LogP contribution in [0.15, 0.2) is 23.1 Å². The molecular formula is C14H21Cl2NS. The van der Waals surface area contributed by atoms with Crippen LogP contribution in [0.5, 0.6) is 0 Å². The smallest absolute Gasteiger partial charge is 0.0543 e. The van der Waals surface area contributed by atoms with Gasteiger partial charge in [-0.05, 0) is 37.1 Å². The summed E-state index contributed by atoms with van der Waals surface area (Å²) in [5.74, 6) is 0.753. The van der Waals surface area contributed by atoms with Crippen molar-refractivity contribution in [2.24, 2.45) is 5.92 Å². The van der Waals surface area contributed by atoms with Gasteiger partial charge in [-0.3, -0.25) is 0 Å². The summed E-state index contributed by atoms with van der Waals surface area (Å²) in [4.78, 5) is 1.06. The molecule has 4 heteroatoms. The average molecular weight is 306 g/mol. The molecule has 18 heavy (non-hydrogen) atoms. The van der Waals surface area contributed by atoms with Crippen LogP contribution < -0.4 is 5.32 Å². The van der Waals surface area contributed by atoms with Crippen LogP contribution in [-0.2, 0) is 0 Å². The molecule has 1 aromatic rings. The highest BCUT2D eigenvalue weighted by Crippen LogP contribution is 2.32. The Morgan fingerprint density at radius 1 is 1.22 bits per heavy atom. The summed E-state index contributed by atoms with van der Waals surface area (Å²) in [5, 5.41) is 5.47. The van der Waals surface area contributed by atoms with Crippen molar-refractivity contribution in [2.45, 2.75) is 37.3 Å². The lowest BCUT2D eigenvalue weighted by Crippen LogP contribution is -2.24. The first kappa shape index (κ1) is 16.2. The van der Waals surface area contributed by atoms with Crippen LogP contribution in [0.1, 0.15) is 27.2 Å². The molecule has 0 aromatic heterocycles. The van der Waals surface area contributed by atoms with Gasteiger partial charge in [0.15, 0.2) is 0 Å². The van der Waals surface area contributed by atoms with Crippen LogP contribution >= 0.6 is 35.0 Å². The number of hydrogen-bond donors (Lipinski definition) is 1. The van der Waals surface area contributed by atoms with Crippen molar-refractivity contribution in [2.75, 3.05) is 13.1 Å². The quantitative estimate of drug-likeness (QED) is 0.555. The minimum Gasteiger partial charge on any atom is -0.316 e. The van der Waals surface area contributed by atoms with E-state index >= 15 is 0 Å². The summed E-state index contributed by atoms with van der Waals surface area (Å²) in [6.07, 6.45) is 1.22. The number of nitrogens with one attached hydrogen (secondary N) is 1. The average Bonchev–Trinajstić information content (AvgIpc) is 2.29. The van der Waals surface area contributed by atoms with Crippen molar-refractivity contribution in [1.29, 1.82) is 0 Å². The number of hydrogen-bond acceptors (Lipinski definition) is 2. The third-order valence-electron chi connectivity index (χ3n) is 2.55. The van der Waals surface area contributed by atoms with Gasteiger partial charge in [0.1, 0.15) is 0 Å². The Morgan fingerprint density at radius 2 is 1.94 bits per heavy atom. The fourth-order valence-electron chi connectivity index (χ4n) is 1.52. The molecule has 1 N–H and O–H groups in total. The molecule has 0 aliphatic rings. The number of thioether (sulfide) groups is 1. The van der Waals surface area contributed by atoms with E-state index in [1.807, 2.05) is 18.2 Å². The summed E-state index contributed by atoms with van der Waals surface area (Å²) >= 11 is 13.9. The largest absolute Gasteiger partial charge is 0.316 e. The van der Waals surface area contributed by atoms with Gasteiger partial charge in [0, 0.05) is 21.7 Å². The van der Waals surface area contributed by atoms with E-state index < -0.39 is 0 Å². The first-order valence-electron chi connectivity index (χ1n) is 6.31. The standard InChI is InChI=1S/C14H21Cl2NS/c1-10(2)6-7-17-9-11(3)18-14-8-12(15)4-5-13(14)16/h4-5,8,10-11,17H,6-7,9H2,1-3H3. The van der Waals surface area contributed by atoms with Gasteiger partial charge in [-0.1, -0.05) is 44.0 Å². The zero-order valence-corrected chi connectivity index (χ0v) is 13.5. The molecule has 1 rings (SSSR count). The first-order valence-corrected chi connectivity index (χ1v) is 7.95. The molecule has 1 nitrogen and oxygen atoms in total. The van der Waals surface area contributed by atoms with Gasteiger partial charge in [-0.25, -0.2) is 0 Å². The monoisotopic (exact) mass is 305 g/mol. The van der Waals surface area contributed by atoms with Crippen LogP contribution in [0, 0.1) is 5.92 Å². The summed E-state index contributed by atoms with van der Waals surface area (Å²) in [7, 11) is 0. The van der Waals surface area contributed by atoms with E-state index in [1.165, 1.54) is 6.42 Å². The van der Waals surface area contributed by atoms with Gasteiger partial charge in [-0.15, -0.1) is 11.8 Å². The Balaban J connectivity index is 2.35. The molecule has 0 fully saturated rings. The van der Waals surface area contributed by atoms with Crippen LogP contribution in [-0.4, -0.2) is 18.3 Å². The molecule has 1 unspecified atom stereocenters. The van der Waals surface area contributed by atoms with Gasteiger partial charge < -0.3 is 5.32 Å². The van der Waals surface area contributed by atoms with E-state index in [0.717, 1.165) is 33.9 Å². The summed E-state index contributed by atoms with van der Waals surface area (Å²) < 4.78 is 0. The van der Waals surface area contributed by atoms with Crippen molar-refractivity contribution in [3.05, 3.63) is 28.2 Å². The second-order valence-corrected chi connectivity index (χ2v) is 7.21. The minimum absolute atomic E-state index is 0.480. The van der Waals surface area contributed by atoms with Crippen molar-refractivity contribution >= 4 is 35.0 Å². The Morgan fingerprint density at radius 3 is 2.61 bits per heavy atom.